The molecule has 1 saturated carbocycles. The summed E-state index contributed by atoms with van der Waals surface area (Å²) in [5.74, 6) is 0.848. The van der Waals surface area contributed by atoms with Crippen molar-refractivity contribution >= 4 is 11.9 Å². The summed E-state index contributed by atoms with van der Waals surface area (Å²) in [5, 5.41) is 11.7. The molecule has 1 rings (SSSR count). The second kappa shape index (κ2) is 8.98. The van der Waals surface area contributed by atoms with E-state index in [0.29, 0.717) is 37.1 Å². The van der Waals surface area contributed by atoms with Crippen LogP contribution in [0.5, 0.6) is 0 Å². The highest BCUT2D eigenvalue weighted by Crippen LogP contribution is 2.27. The molecule has 0 aliphatic heterocycles. The van der Waals surface area contributed by atoms with E-state index in [2.05, 4.69) is 19.2 Å². The smallest absolute Gasteiger partial charge is 0.303 e. The molecular weight excluding hydrogens is 254 g/mol. The molecule has 1 amide bonds. The monoisotopic (exact) mass is 283 g/mol. The number of carbonyl (C=O) groups is 2. The Hall–Kier alpha value is -1.06. The molecule has 1 aliphatic rings. The van der Waals surface area contributed by atoms with Gasteiger partial charge in [0, 0.05) is 19.4 Å². The van der Waals surface area contributed by atoms with E-state index in [1.165, 1.54) is 25.7 Å². The standard InChI is InChI=1S/C16H29NO3/c1-12(2)14(7-8-16(19)20)9-10-17-15(18)11-13-5-3-4-6-13/h12-14H,3-11H2,1-2H3,(H,17,18)(H,19,20). The van der Waals surface area contributed by atoms with E-state index in [0.717, 1.165) is 6.42 Å². The normalized spacial score (nSPS) is 17.4. The summed E-state index contributed by atoms with van der Waals surface area (Å²) in [6.07, 6.45) is 7.39. The number of rotatable bonds is 9. The first-order chi connectivity index (χ1) is 9.49. The van der Waals surface area contributed by atoms with E-state index in [-0.39, 0.29) is 12.3 Å². The van der Waals surface area contributed by atoms with Crippen LogP contribution < -0.4 is 5.32 Å². The maximum absolute atomic E-state index is 11.8. The van der Waals surface area contributed by atoms with E-state index in [9.17, 15) is 9.59 Å². The third-order valence-corrected chi connectivity index (χ3v) is 4.46. The Balaban J connectivity index is 2.18. The quantitative estimate of drug-likeness (QED) is 0.683. The molecule has 2 N–H and O–H groups in total. The molecule has 1 unspecified atom stereocenters. The number of hydrogen-bond donors (Lipinski definition) is 2. The summed E-state index contributed by atoms with van der Waals surface area (Å²) < 4.78 is 0. The molecule has 0 aromatic heterocycles. The van der Waals surface area contributed by atoms with Gasteiger partial charge in [-0.2, -0.15) is 0 Å². The second-order valence-electron chi connectivity index (χ2n) is 6.43. The van der Waals surface area contributed by atoms with Crippen molar-refractivity contribution in [1.29, 1.82) is 0 Å². The van der Waals surface area contributed by atoms with Gasteiger partial charge >= 0.3 is 5.97 Å². The molecule has 0 spiro atoms. The van der Waals surface area contributed by atoms with Gasteiger partial charge in [0.05, 0.1) is 0 Å². The first-order valence-electron chi connectivity index (χ1n) is 7.97. The van der Waals surface area contributed by atoms with Crippen molar-refractivity contribution in [1.82, 2.24) is 5.32 Å². The highest BCUT2D eigenvalue weighted by atomic mass is 16.4. The third kappa shape index (κ3) is 6.92. The fraction of sp³-hybridized carbons (Fsp3) is 0.875. The topological polar surface area (TPSA) is 66.4 Å². The zero-order valence-electron chi connectivity index (χ0n) is 12.9. The fourth-order valence-electron chi connectivity index (χ4n) is 3.07. The van der Waals surface area contributed by atoms with Crippen LogP contribution in [0.1, 0.15) is 65.2 Å². The van der Waals surface area contributed by atoms with Gasteiger partial charge in [-0.15, -0.1) is 0 Å². The molecule has 1 atom stereocenters. The molecule has 20 heavy (non-hydrogen) atoms. The number of carboxylic acids is 1. The van der Waals surface area contributed by atoms with Crippen molar-refractivity contribution < 1.29 is 14.7 Å². The van der Waals surface area contributed by atoms with E-state index in [1.54, 1.807) is 0 Å². The molecule has 0 saturated heterocycles. The highest BCUT2D eigenvalue weighted by molar-refractivity contribution is 5.76. The number of nitrogens with one attached hydrogen (secondary N) is 1. The van der Waals surface area contributed by atoms with Crippen LogP contribution >= 0.6 is 0 Å². The number of carbonyl (C=O) groups excluding carboxylic acids is 1. The van der Waals surface area contributed by atoms with Gasteiger partial charge in [-0.3, -0.25) is 9.59 Å². The molecular formula is C16H29NO3. The Morgan fingerprint density at radius 2 is 1.85 bits per heavy atom. The SMILES string of the molecule is CC(C)C(CCNC(=O)CC1CCCC1)CCC(=O)O. The molecule has 4 heteroatoms. The van der Waals surface area contributed by atoms with Crippen LogP contribution in [-0.2, 0) is 9.59 Å². The van der Waals surface area contributed by atoms with Gasteiger partial charge in [0.2, 0.25) is 5.91 Å². The highest BCUT2D eigenvalue weighted by Gasteiger charge is 2.19. The number of carboxylic acid groups (broad SMARTS) is 1. The maximum atomic E-state index is 11.8. The van der Waals surface area contributed by atoms with Crippen molar-refractivity contribution in [2.24, 2.45) is 17.8 Å². The lowest BCUT2D eigenvalue weighted by molar-refractivity contribution is -0.137. The van der Waals surface area contributed by atoms with Crippen LogP contribution in [0.3, 0.4) is 0 Å². The maximum Gasteiger partial charge on any atom is 0.303 e. The van der Waals surface area contributed by atoms with Gasteiger partial charge in [-0.1, -0.05) is 26.7 Å². The van der Waals surface area contributed by atoms with Crippen molar-refractivity contribution in [3.63, 3.8) is 0 Å². The molecule has 0 radical (unpaired) electrons. The van der Waals surface area contributed by atoms with Crippen LogP contribution in [0.4, 0.5) is 0 Å². The minimum atomic E-state index is -0.735. The van der Waals surface area contributed by atoms with Gasteiger partial charge in [0.1, 0.15) is 0 Å². The van der Waals surface area contributed by atoms with Crippen LogP contribution in [0, 0.1) is 17.8 Å². The fourth-order valence-corrected chi connectivity index (χ4v) is 3.07. The van der Waals surface area contributed by atoms with E-state index in [4.69, 9.17) is 5.11 Å². The Bertz CT molecular complexity index is 309. The zero-order chi connectivity index (χ0) is 15.0. The lowest BCUT2D eigenvalue weighted by Gasteiger charge is -2.20. The molecule has 0 bridgehead atoms. The van der Waals surface area contributed by atoms with E-state index < -0.39 is 5.97 Å². The van der Waals surface area contributed by atoms with Gasteiger partial charge in [0.15, 0.2) is 0 Å². The predicted molar refractivity (Wildman–Crippen MR) is 79.4 cm³/mol. The molecule has 1 aliphatic carbocycles. The molecule has 116 valence electrons. The summed E-state index contributed by atoms with van der Waals surface area (Å²) >= 11 is 0. The molecule has 1 fully saturated rings. The Morgan fingerprint density at radius 3 is 2.40 bits per heavy atom. The second-order valence-corrected chi connectivity index (χ2v) is 6.43. The Kier molecular flexibility index (Phi) is 7.63. The number of aliphatic carboxylic acids is 1. The summed E-state index contributed by atoms with van der Waals surface area (Å²) in [5.41, 5.74) is 0. The lowest BCUT2D eigenvalue weighted by atomic mass is 9.88. The van der Waals surface area contributed by atoms with Crippen LogP contribution in [-0.4, -0.2) is 23.5 Å². The van der Waals surface area contributed by atoms with Crippen LogP contribution in [0.2, 0.25) is 0 Å². The van der Waals surface area contributed by atoms with Gasteiger partial charge < -0.3 is 10.4 Å². The average molecular weight is 283 g/mol. The number of amides is 1. The summed E-state index contributed by atoms with van der Waals surface area (Å²) in [7, 11) is 0. The van der Waals surface area contributed by atoms with Crippen molar-refractivity contribution in [2.75, 3.05) is 6.54 Å². The first-order valence-corrected chi connectivity index (χ1v) is 7.97. The van der Waals surface area contributed by atoms with Gasteiger partial charge in [-0.05, 0) is 43.4 Å². The minimum Gasteiger partial charge on any atom is -0.481 e. The van der Waals surface area contributed by atoms with Crippen molar-refractivity contribution in [3.05, 3.63) is 0 Å². The van der Waals surface area contributed by atoms with Crippen LogP contribution in [0.25, 0.3) is 0 Å². The van der Waals surface area contributed by atoms with Crippen molar-refractivity contribution in [3.8, 4) is 0 Å². The Labute approximate surface area is 122 Å². The predicted octanol–water partition coefficient (Wildman–Crippen LogP) is 3.21. The first kappa shape index (κ1) is 17.0. The molecule has 4 nitrogen and oxygen atoms in total. The number of hydrogen-bond acceptors (Lipinski definition) is 2. The largest absolute Gasteiger partial charge is 0.481 e. The molecule has 0 heterocycles. The Morgan fingerprint density at radius 1 is 1.20 bits per heavy atom. The lowest BCUT2D eigenvalue weighted by Crippen LogP contribution is -2.28. The molecule has 0 aromatic carbocycles. The third-order valence-electron chi connectivity index (χ3n) is 4.46. The minimum absolute atomic E-state index is 0.164. The van der Waals surface area contributed by atoms with Crippen LogP contribution in [0.15, 0.2) is 0 Å². The van der Waals surface area contributed by atoms with Crippen molar-refractivity contribution in [2.45, 2.75) is 65.2 Å². The van der Waals surface area contributed by atoms with Gasteiger partial charge in [0.25, 0.3) is 0 Å². The van der Waals surface area contributed by atoms with E-state index >= 15 is 0 Å². The van der Waals surface area contributed by atoms with Gasteiger partial charge in [-0.25, -0.2) is 0 Å². The summed E-state index contributed by atoms with van der Waals surface area (Å²) in [6, 6.07) is 0. The molecule has 0 aromatic rings. The van der Waals surface area contributed by atoms with E-state index in [1.807, 2.05) is 0 Å². The zero-order valence-corrected chi connectivity index (χ0v) is 12.9. The summed E-state index contributed by atoms with van der Waals surface area (Å²) in [4.78, 5) is 22.4. The average Bonchev–Trinajstić information content (AvgIpc) is 2.85. The summed E-state index contributed by atoms with van der Waals surface area (Å²) in [6.45, 7) is 4.91.